The van der Waals surface area contributed by atoms with Crippen molar-refractivity contribution in [2.45, 2.75) is 26.8 Å². The number of pyridine rings is 1. The third kappa shape index (κ3) is 3.54. The molecule has 28 heavy (non-hydrogen) atoms. The molecule has 6 nitrogen and oxygen atoms in total. The van der Waals surface area contributed by atoms with Crippen molar-refractivity contribution in [3.05, 3.63) is 53.9 Å². The Hall–Kier alpha value is -3.02. The van der Waals surface area contributed by atoms with E-state index < -0.39 is 0 Å². The maximum absolute atomic E-state index is 13.0. The number of anilines is 2. The summed E-state index contributed by atoms with van der Waals surface area (Å²) in [6.45, 7) is 9.23. The summed E-state index contributed by atoms with van der Waals surface area (Å²) in [5.41, 5.74) is 3.90. The molecule has 1 aliphatic heterocycles. The van der Waals surface area contributed by atoms with Crippen molar-refractivity contribution in [1.82, 2.24) is 14.9 Å². The molecular formula is C22H27N5O. The molecular weight excluding hydrogens is 350 g/mol. The van der Waals surface area contributed by atoms with Gasteiger partial charge in [0.1, 0.15) is 5.69 Å². The Kier molecular flexibility index (Phi) is 4.94. The largest absolute Gasteiger partial charge is 0.380 e. The van der Waals surface area contributed by atoms with Gasteiger partial charge in [-0.1, -0.05) is 12.1 Å². The van der Waals surface area contributed by atoms with Gasteiger partial charge in [-0.05, 0) is 50.6 Å². The van der Waals surface area contributed by atoms with E-state index in [1.807, 2.05) is 35.4 Å². The average molecular weight is 377 g/mol. The Morgan fingerprint density at radius 3 is 2.64 bits per heavy atom. The number of benzene rings is 1. The van der Waals surface area contributed by atoms with Crippen LogP contribution in [0.3, 0.4) is 0 Å². The summed E-state index contributed by atoms with van der Waals surface area (Å²) in [6.07, 6.45) is 1.82. The molecule has 0 bridgehead atoms. The minimum atomic E-state index is 0.0665. The van der Waals surface area contributed by atoms with Gasteiger partial charge in [-0.15, -0.1) is 0 Å². The van der Waals surface area contributed by atoms with E-state index >= 15 is 0 Å². The SMILES string of the molecule is Cc1cccc2[nH]c(C(=O)N3CCN(c4ncccc4NC(C)C)CC3)cc12. The van der Waals surface area contributed by atoms with Crippen molar-refractivity contribution in [1.29, 1.82) is 0 Å². The number of H-pyrrole nitrogens is 1. The van der Waals surface area contributed by atoms with Crippen LogP contribution in [0, 0.1) is 6.92 Å². The molecule has 4 rings (SSSR count). The van der Waals surface area contributed by atoms with Gasteiger partial charge in [0.05, 0.1) is 5.69 Å². The normalized spacial score (nSPS) is 14.7. The number of amides is 1. The Labute approximate surface area is 165 Å². The number of rotatable bonds is 4. The number of nitrogens with zero attached hydrogens (tertiary/aromatic N) is 3. The van der Waals surface area contributed by atoms with Crippen LogP contribution < -0.4 is 10.2 Å². The summed E-state index contributed by atoms with van der Waals surface area (Å²) in [4.78, 5) is 25.0. The Bertz CT molecular complexity index is 986. The van der Waals surface area contributed by atoms with E-state index in [0.717, 1.165) is 35.5 Å². The van der Waals surface area contributed by atoms with Crippen molar-refractivity contribution in [2.24, 2.45) is 0 Å². The van der Waals surface area contributed by atoms with Gasteiger partial charge in [-0.2, -0.15) is 0 Å². The molecule has 0 radical (unpaired) electrons. The van der Waals surface area contributed by atoms with Crippen LogP contribution in [-0.4, -0.2) is 53.0 Å². The summed E-state index contributed by atoms with van der Waals surface area (Å²) in [5, 5.41) is 4.57. The zero-order valence-corrected chi connectivity index (χ0v) is 16.7. The van der Waals surface area contributed by atoms with Crippen LogP contribution in [0.5, 0.6) is 0 Å². The summed E-state index contributed by atoms with van der Waals surface area (Å²) in [6, 6.07) is 12.4. The average Bonchev–Trinajstić information content (AvgIpc) is 3.13. The lowest BCUT2D eigenvalue weighted by Crippen LogP contribution is -2.49. The van der Waals surface area contributed by atoms with Crippen molar-refractivity contribution in [3.63, 3.8) is 0 Å². The van der Waals surface area contributed by atoms with Crippen molar-refractivity contribution < 1.29 is 4.79 Å². The summed E-state index contributed by atoms with van der Waals surface area (Å²) in [5.74, 6) is 1.03. The standard InChI is InChI=1S/C22H27N5O/c1-15(2)24-19-8-5-9-23-21(19)26-10-12-27(13-11-26)22(28)20-14-17-16(3)6-4-7-18(17)25-20/h4-9,14-15,24-25H,10-13H2,1-3H3. The predicted octanol–water partition coefficient (Wildman–Crippen LogP) is 3.65. The first-order valence-electron chi connectivity index (χ1n) is 9.87. The number of aromatic nitrogens is 2. The van der Waals surface area contributed by atoms with Gasteiger partial charge < -0.3 is 20.1 Å². The zero-order valence-electron chi connectivity index (χ0n) is 16.7. The van der Waals surface area contributed by atoms with Gasteiger partial charge in [-0.25, -0.2) is 4.98 Å². The van der Waals surface area contributed by atoms with E-state index in [-0.39, 0.29) is 5.91 Å². The Balaban J connectivity index is 1.47. The van der Waals surface area contributed by atoms with Gasteiger partial charge in [-0.3, -0.25) is 4.79 Å². The monoisotopic (exact) mass is 377 g/mol. The number of piperazine rings is 1. The van der Waals surface area contributed by atoms with Crippen LogP contribution in [0.25, 0.3) is 10.9 Å². The number of hydrogen-bond donors (Lipinski definition) is 2. The molecule has 146 valence electrons. The third-order valence-electron chi connectivity index (χ3n) is 5.21. The number of nitrogens with one attached hydrogen (secondary N) is 2. The molecule has 0 unspecified atom stereocenters. The second kappa shape index (κ2) is 7.54. The molecule has 0 aliphatic carbocycles. The second-order valence-electron chi connectivity index (χ2n) is 7.67. The van der Waals surface area contributed by atoms with Crippen molar-refractivity contribution in [2.75, 3.05) is 36.4 Å². The summed E-state index contributed by atoms with van der Waals surface area (Å²) < 4.78 is 0. The van der Waals surface area contributed by atoms with Crippen LogP contribution >= 0.6 is 0 Å². The number of carbonyl (C=O) groups is 1. The minimum absolute atomic E-state index is 0.0665. The highest BCUT2D eigenvalue weighted by atomic mass is 16.2. The molecule has 2 N–H and O–H groups in total. The number of fused-ring (bicyclic) bond motifs is 1. The molecule has 0 spiro atoms. The molecule has 1 fully saturated rings. The van der Waals surface area contributed by atoms with Crippen LogP contribution in [0.4, 0.5) is 11.5 Å². The topological polar surface area (TPSA) is 64.3 Å². The second-order valence-corrected chi connectivity index (χ2v) is 7.67. The molecule has 1 amide bonds. The first kappa shape index (κ1) is 18.3. The predicted molar refractivity (Wildman–Crippen MR) is 114 cm³/mol. The van der Waals surface area contributed by atoms with Crippen LogP contribution in [0.2, 0.25) is 0 Å². The van der Waals surface area contributed by atoms with E-state index in [1.54, 1.807) is 0 Å². The molecule has 0 saturated carbocycles. The van der Waals surface area contributed by atoms with Crippen LogP contribution in [0.1, 0.15) is 29.9 Å². The molecule has 1 saturated heterocycles. The highest BCUT2D eigenvalue weighted by molar-refractivity contribution is 5.99. The highest BCUT2D eigenvalue weighted by Gasteiger charge is 2.25. The molecule has 3 heterocycles. The minimum Gasteiger partial charge on any atom is -0.380 e. The van der Waals surface area contributed by atoms with Gasteiger partial charge in [0.2, 0.25) is 0 Å². The fraction of sp³-hybridized carbons (Fsp3) is 0.364. The van der Waals surface area contributed by atoms with Gasteiger partial charge in [0.25, 0.3) is 5.91 Å². The van der Waals surface area contributed by atoms with Crippen LogP contribution in [-0.2, 0) is 0 Å². The molecule has 2 aromatic heterocycles. The van der Waals surface area contributed by atoms with E-state index in [4.69, 9.17) is 0 Å². The van der Waals surface area contributed by atoms with E-state index in [2.05, 4.69) is 53.1 Å². The summed E-state index contributed by atoms with van der Waals surface area (Å²) >= 11 is 0. The van der Waals surface area contributed by atoms with Crippen LogP contribution in [0.15, 0.2) is 42.6 Å². The Morgan fingerprint density at radius 1 is 1.14 bits per heavy atom. The lowest BCUT2D eigenvalue weighted by molar-refractivity contribution is 0.0741. The van der Waals surface area contributed by atoms with Gasteiger partial charge in [0, 0.05) is 49.3 Å². The lowest BCUT2D eigenvalue weighted by Gasteiger charge is -2.36. The maximum atomic E-state index is 13.0. The van der Waals surface area contributed by atoms with Gasteiger partial charge >= 0.3 is 0 Å². The zero-order chi connectivity index (χ0) is 19.7. The highest BCUT2D eigenvalue weighted by Crippen LogP contribution is 2.25. The molecule has 3 aromatic rings. The molecule has 6 heteroatoms. The number of carbonyl (C=O) groups excluding carboxylic acids is 1. The first-order valence-corrected chi connectivity index (χ1v) is 9.87. The summed E-state index contributed by atoms with van der Waals surface area (Å²) in [7, 11) is 0. The Morgan fingerprint density at radius 2 is 1.93 bits per heavy atom. The smallest absolute Gasteiger partial charge is 0.270 e. The fourth-order valence-electron chi connectivity index (χ4n) is 3.79. The molecule has 1 aliphatic rings. The number of aryl methyl sites for hydroxylation is 1. The number of hydrogen-bond acceptors (Lipinski definition) is 4. The number of aromatic amines is 1. The fourth-order valence-corrected chi connectivity index (χ4v) is 3.79. The van der Waals surface area contributed by atoms with Crippen molar-refractivity contribution >= 4 is 28.3 Å². The van der Waals surface area contributed by atoms with E-state index in [1.165, 1.54) is 5.56 Å². The lowest BCUT2D eigenvalue weighted by atomic mass is 10.1. The maximum Gasteiger partial charge on any atom is 0.270 e. The molecule has 0 atom stereocenters. The molecule has 1 aromatic carbocycles. The first-order chi connectivity index (χ1) is 13.5. The van der Waals surface area contributed by atoms with E-state index in [0.29, 0.717) is 24.8 Å². The van der Waals surface area contributed by atoms with Gasteiger partial charge in [0.15, 0.2) is 5.82 Å². The van der Waals surface area contributed by atoms with E-state index in [9.17, 15) is 4.79 Å². The quantitative estimate of drug-likeness (QED) is 0.728. The third-order valence-corrected chi connectivity index (χ3v) is 5.21. The van der Waals surface area contributed by atoms with Crippen molar-refractivity contribution in [3.8, 4) is 0 Å².